The predicted octanol–water partition coefficient (Wildman–Crippen LogP) is 2.79. The van der Waals surface area contributed by atoms with E-state index in [0.29, 0.717) is 6.42 Å². The first-order valence-electron chi connectivity index (χ1n) is 4.18. The molecule has 0 spiro atoms. The van der Waals surface area contributed by atoms with Crippen LogP contribution in [0.4, 0.5) is 0 Å². The van der Waals surface area contributed by atoms with Gasteiger partial charge in [-0.05, 0) is 12.5 Å². The molecule has 0 radical (unpaired) electrons. The lowest BCUT2D eigenvalue weighted by Gasteiger charge is -2.07. The highest BCUT2D eigenvalue weighted by molar-refractivity contribution is 6.81. The van der Waals surface area contributed by atoms with Gasteiger partial charge in [0, 0.05) is 6.42 Å². The topological polar surface area (TPSA) is 17.1 Å². The second kappa shape index (κ2) is 4.49. The van der Waals surface area contributed by atoms with E-state index in [4.69, 9.17) is 0 Å². The molecule has 0 heterocycles. The van der Waals surface area contributed by atoms with Crippen LogP contribution in [0.25, 0.3) is 0 Å². The fraction of sp³-hybridized carbons (Fsp3) is 0.667. The molecule has 0 aromatic carbocycles. The Morgan fingerprint density at radius 3 is 2.27 bits per heavy atom. The first kappa shape index (κ1) is 10.6. The van der Waals surface area contributed by atoms with Gasteiger partial charge in [-0.2, -0.15) is 0 Å². The van der Waals surface area contributed by atoms with E-state index in [9.17, 15) is 4.79 Å². The van der Waals surface area contributed by atoms with Crippen molar-refractivity contribution in [2.75, 3.05) is 0 Å². The molecule has 1 nitrogen and oxygen atoms in total. The smallest absolute Gasteiger partial charge is 0.154 e. The number of carbonyl (C=O) groups is 1. The zero-order valence-corrected chi connectivity index (χ0v) is 8.98. The maximum absolute atomic E-state index is 11.0. The van der Waals surface area contributed by atoms with Gasteiger partial charge in [-0.1, -0.05) is 32.3 Å². The van der Waals surface area contributed by atoms with Crippen molar-refractivity contribution in [3.63, 3.8) is 0 Å². The lowest BCUT2D eigenvalue weighted by Crippen LogP contribution is -2.16. The number of ketones is 1. The molecule has 0 N–H and O–H groups in total. The van der Waals surface area contributed by atoms with Crippen molar-refractivity contribution in [3.05, 3.63) is 11.8 Å². The van der Waals surface area contributed by atoms with E-state index in [2.05, 4.69) is 25.3 Å². The highest BCUT2D eigenvalue weighted by atomic mass is 28.3. The van der Waals surface area contributed by atoms with Gasteiger partial charge in [0.15, 0.2) is 5.78 Å². The van der Waals surface area contributed by atoms with Crippen molar-refractivity contribution >= 4 is 13.9 Å². The molecule has 0 aromatic rings. The monoisotopic (exact) mass is 170 g/mol. The first-order valence-corrected chi connectivity index (χ1v) is 7.75. The van der Waals surface area contributed by atoms with Gasteiger partial charge >= 0.3 is 0 Å². The van der Waals surface area contributed by atoms with Crippen molar-refractivity contribution in [2.45, 2.75) is 39.4 Å². The normalized spacial score (nSPS) is 12.4. The molecule has 0 aliphatic heterocycles. The molecule has 0 saturated carbocycles. The minimum atomic E-state index is -1.15. The van der Waals surface area contributed by atoms with Crippen LogP contribution in [0.2, 0.25) is 19.6 Å². The third-order valence-electron chi connectivity index (χ3n) is 1.27. The van der Waals surface area contributed by atoms with Crippen molar-refractivity contribution in [1.82, 2.24) is 0 Å². The maximum Gasteiger partial charge on any atom is 0.154 e. The second-order valence-corrected chi connectivity index (χ2v) is 8.98. The summed E-state index contributed by atoms with van der Waals surface area (Å²) in [4.78, 5) is 11.0. The summed E-state index contributed by atoms with van der Waals surface area (Å²) >= 11 is 0. The number of carbonyl (C=O) groups excluding carboxylic acids is 1. The van der Waals surface area contributed by atoms with E-state index < -0.39 is 8.07 Å². The summed E-state index contributed by atoms with van der Waals surface area (Å²) in [5.74, 6) is 0.273. The lowest BCUT2D eigenvalue weighted by atomic mass is 10.2. The largest absolute Gasteiger partial charge is 0.295 e. The molecule has 0 aromatic heterocycles. The molecule has 0 rings (SSSR count). The highest BCUT2D eigenvalue weighted by Gasteiger charge is 2.07. The van der Waals surface area contributed by atoms with Crippen LogP contribution >= 0.6 is 0 Å². The third kappa shape index (κ3) is 7.52. The molecule has 0 atom stereocenters. The van der Waals surface area contributed by atoms with Crippen molar-refractivity contribution in [3.8, 4) is 0 Å². The minimum absolute atomic E-state index is 0.273. The predicted molar refractivity (Wildman–Crippen MR) is 52.4 cm³/mol. The third-order valence-corrected chi connectivity index (χ3v) is 2.43. The van der Waals surface area contributed by atoms with E-state index in [-0.39, 0.29) is 5.78 Å². The van der Waals surface area contributed by atoms with Gasteiger partial charge in [-0.25, -0.2) is 0 Å². The Hall–Kier alpha value is -0.373. The average Bonchev–Trinajstić information content (AvgIpc) is 1.83. The zero-order chi connectivity index (χ0) is 8.91. The fourth-order valence-corrected chi connectivity index (χ4v) is 1.36. The van der Waals surface area contributed by atoms with Gasteiger partial charge in [0.05, 0.1) is 8.07 Å². The molecule has 0 aliphatic rings. The summed E-state index contributed by atoms with van der Waals surface area (Å²) < 4.78 is 0. The molecule has 0 bridgehead atoms. The Labute approximate surface area is 70.5 Å². The van der Waals surface area contributed by atoms with Crippen molar-refractivity contribution in [2.24, 2.45) is 0 Å². The van der Waals surface area contributed by atoms with Crippen molar-refractivity contribution in [1.29, 1.82) is 0 Å². The van der Waals surface area contributed by atoms with Crippen LogP contribution < -0.4 is 0 Å². The molecule has 0 saturated heterocycles. The van der Waals surface area contributed by atoms with Gasteiger partial charge in [0.25, 0.3) is 0 Å². The fourth-order valence-electron chi connectivity index (χ4n) is 0.673. The molecule has 0 amide bonds. The Kier molecular flexibility index (Phi) is 4.34. The Balaban J connectivity index is 3.83. The summed E-state index contributed by atoms with van der Waals surface area (Å²) in [6.07, 6.45) is 3.41. The Morgan fingerprint density at radius 2 is 1.91 bits per heavy atom. The molecule has 0 aliphatic carbocycles. The van der Waals surface area contributed by atoms with Gasteiger partial charge in [-0.3, -0.25) is 4.79 Å². The summed E-state index contributed by atoms with van der Waals surface area (Å²) in [6.45, 7) is 8.70. The van der Waals surface area contributed by atoms with Gasteiger partial charge in [0.1, 0.15) is 0 Å². The molecular weight excluding hydrogens is 152 g/mol. The summed E-state index contributed by atoms with van der Waals surface area (Å²) in [5, 5.41) is 0. The quantitative estimate of drug-likeness (QED) is 0.468. The Morgan fingerprint density at radius 1 is 1.36 bits per heavy atom. The minimum Gasteiger partial charge on any atom is -0.295 e. The summed E-state index contributed by atoms with van der Waals surface area (Å²) in [5.41, 5.74) is 2.10. The van der Waals surface area contributed by atoms with Gasteiger partial charge in [0.2, 0.25) is 0 Å². The maximum atomic E-state index is 11.0. The highest BCUT2D eigenvalue weighted by Crippen LogP contribution is 2.02. The molecule has 0 unspecified atom stereocenters. The molecular formula is C9H18OSi. The van der Waals surface area contributed by atoms with E-state index in [1.54, 1.807) is 6.08 Å². The van der Waals surface area contributed by atoms with Crippen LogP contribution in [-0.4, -0.2) is 13.9 Å². The molecule has 0 fully saturated rings. The summed E-state index contributed by atoms with van der Waals surface area (Å²) in [7, 11) is -1.15. The van der Waals surface area contributed by atoms with Crippen LogP contribution in [0.15, 0.2) is 11.8 Å². The number of allylic oxidation sites excluding steroid dienone is 1. The zero-order valence-electron chi connectivity index (χ0n) is 7.98. The number of hydrogen-bond acceptors (Lipinski definition) is 1. The first-order chi connectivity index (χ1) is 4.95. The second-order valence-electron chi connectivity index (χ2n) is 3.92. The van der Waals surface area contributed by atoms with Crippen LogP contribution in [0.3, 0.4) is 0 Å². The molecule has 64 valence electrons. The van der Waals surface area contributed by atoms with E-state index >= 15 is 0 Å². The van der Waals surface area contributed by atoms with E-state index in [0.717, 1.165) is 6.42 Å². The molecule has 11 heavy (non-hydrogen) atoms. The van der Waals surface area contributed by atoms with Gasteiger partial charge < -0.3 is 0 Å². The molecule has 2 heteroatoms. The SMILES string of the molecule is CCCC(=O)/C=C/[Si](C)(C)C. The standard InChI is InChI=1S/C9H18OSi/c1-5-6-9(10)7-8-11(2,3)4/h7-8H,5-6H2,1-4H3/b8-7+. The van der Waals surface area contributed by atoms with Gasteiger partial charge in [-0.15, -0.1) is 0 Å². The van der Waals surface area contributed by atoms with E-state index in [1.165, 1.54) is 0 Å². The average molecular weight is 170 g/mol. The van der Waals surface area contributed by atoms with Crippen LogP contribution in [-0.2, 0) is 4.79 Å². The Bertz CT molecular complexity index is 153. The van der Waals surface area contributed by atoms with Crippen LogP contribution in [0.5, 0.6) is 0 Å². The van der Waals surface area contributed by atoms with Crippen LogP contribution in [0.1, 0.15) is 19.8 Å². The number of rotatable bonds is 4. The van der Waals surface area contributed by atoms with Crippen molar-refractivity contribution < 1.29 is 4.79 Å². The van der Waals surface area contributed by atoms with Crippen LogP contribution in [0, 0.1) is 0 Å². The lowest BCUT2D eigenvalue weighted by molar-refractivity contribution is -0.114. The summed E-state index contributed by atoms with van der Waals surface area (Å²) in [6, 6.07) is 0. The number of hydrogen-bond donors (Lipinski definition) is 0. The van der Waals surface area contributed by atoms with E-state index in [1.807, 2.05) is 6.92 Å².